The zero-order valence-electron chi connectivity index (χ0n) is 8.13. The van der Waals surface area contributed by atoms with Gasteiger partial charge in [0.1, 0.15) is 0 Å². The van der Waals surface area contributed by atoms with E-state index < -0.39 is 0 Å². The summed E-state index contributed by atoms with van der Waals surface area (Å²) in [4.78, 5) is 6.03. The second-order valence-electron chi connectivity index (χ2n) is 3.05. The highest BCUT2D eigenvalue weighted by atomic mass is 15.1. The molecule has 11 heavy (non-hydrogen) atoms. The van der Waals surface area contributed by atoms with Crippen LogP contribution in [0.2, 0.25) is 0 Å². The Morgan fingerprint density at radius 3 is 2.18 bits per heavy atom. The Hall–Kier alpha value is -0.790. The molecule has 0 saturated heterocycles. The zero-order valence-corrected chi connectivity index (χ0v) is 8.13. The molecular weight excluding hydrogens is 136 g/mol. The van der Waals surface area contributed by atoms with E-state index >= 15 is 0 Å². The maximum absolute atomic E-state index is 3.91. The van der Waals surface area contributed by atoms with E-state index in [0.717, 1.165) is 0 Å². The van der Waals surface area contributed by atoms with Gasteiger partial charge in [0.25, 0.3) is 0 Å². The molecule has 64 valence electrons. The third-order valence-electron chi connectivity index (χ3n) is 1.50. The lowest BCUT2D eigenvalue weighted by Gasteiger charge is -2.19. The first-order valence-corrected chi connectivity index (χ1v) is 3.89. The van der Waals surface area contributed by atoms with Gasteiger partial charge < -0.3 is 4.90 Å². The van der Waals surface area contributed by atoms with Gasteiger partial charge in [0, 0.05) is 33.1 Å². The summed E-state index contributed by atoms with van der Waals surface area (Å²) in [5, 5.41) is 0. The van der Waals surface area contributed by atoms with Crippen LogP contribution in [0.15, 0.2) is 16.8 Å². The van der Waals surface area contributed by atoms with E-state index in [1.807, 2.05) is 12.3 Å². The van der Waals surface area contributed by atoms with E-state index in [4.69, 9.17) is 0 Å². The van der Waals surface area contributed by atoms with Crippen LogP contribution in [0.25, 0.3) is 0 Å². The Kier molecular flexibility index (Phi) is 4.59. The molecule has 0 aromatic carbocycles. The Morgan fingerprint density at radius 1 is 1.36 bits per heavy atom. The van der Waals surface area contributed by atoms with E-state index in [1.165, 1.54) is 5.70 Å². The first-order valence-electron chi connectivity index (χ1n) is 3.89. The van der Waals surface area contributed by atoms with Crippen LogP contribution in [-0.2, 0) is 0 Å². The lowest BCUT2D eigenvalue weighted by Crippen LogP contribution is -2.15. The van der Waals surface area contributed by atoms with Crippen molar-refractivity contribution in [1.82, 2.24) is 4.90 Å². The molecule has 0 atom stereocenters. The van der Waals surface area contributed by atoms with Crippen molar-refractivity contribution in [3.8, 4) is 0 Å². The predicted octanol–water partition coefficient (Wildman–Crippen LogP) is 1.79. The topological polar surface area (TPSA) is 15.6 Å². The standard InChI is InChI=1S/C9H18N2/c1-8(2)9(11(4)5)6-7-10-3/h6-8H,1-5H3/b9-6-,10-7?. The molecule has 0 amide bonds. The van der Waals surface area contributed by atoms with Gasteiger partial charge in [-0.25, -0.2) is 0 Å². The molecule has 0 aliphatic heterocycles. The van der Waals surface area contributed by atoms with Crippen molar-refractivity contribution in [2.75, 3.05) is 21.1 Å². The van der Waals surface area contributed by atoms with Crippen LogP contribution in [0.4, 0.5) is 0 Å². The average Bonchev–Trinajstić information content (AvgIpc) is 1.87. The lowest BCUT2D eigenvalue weighted by atomic mass is 10.1. The Balaban J connectivity index is 4.33. The van der Waals surface area contributed by atoms with Crippen molar-refractivity contribution in [3.05, 3.63) is 11.8 Å². The normalized spacial score (nSPS) is 13.1. The quantitative estimate of drug-likeness (QED) is 0.566. The van der Waals surface area contributed by atoms with E-state index in [9.17, 15) is 0 Å². The minimum absolute atomic E-state index is 0.558. The molecule has 0 aliphatic rings. The average molecular weight is 154 g/mol. The van der Waals surface area contributed by atoms with Crippen LogP contribution >= 0.6 is 0 Å². The predicted molar refractivity (Wildman–Crippen MR) is 51.0 cm³/mol. The summed E-state index contributed by atoms with van der Waals surface area (Å²) in [5.41, 5.74) is 1.30. The monoisotopic (exact) mass is 154 g/mol. The first-order chi connectivity index (χ1) is 5.09. The molecule has 0 spiro atoms. The third kappa shape index (κ3) is 3.81. The van der Waals surface area contributed by atoms with Gasteiger partial charge in [-0.1, -0.05) is 13.8 Å². The summed E-state index contributed by atoms with van der Waals surface area (Å²) in [6.45, 7) is 4.35. The smallest absolute Gasteiger partial charge is 0.0277 e. The van der Waals surface area contributed by atoms with Gasteiger partial charge in [-0.05, 0) is 12.0 Å². The maximum atomic E-state index is 3.91. The second-order valence-corrected chi connectivity index (χ2v) is 3.05. The molecule has 0 aromatic heterocycles. The number of rotatable bonds is 3. The molecule has 2 nitrogen and oxygen atoms in total. The highest BCUT2D eigenvalue weighted by Crippen LogP contribution is 2.10. The van der Waals surface area contributed by atoms with Crippen LogP contribution in [0, 0.1) is 5.92 Å². The lowest BCUT2D eigenvalue weighted by molar-refractivity contribution is 0.448. The molecule has 0 heterocycles. The Morgan fingerprint density at radius 2 is 1.91 bits per heavy atom. The van der Waals surface area contributed by atoms with Gasteiger partial charge in [-0.2, -0.15) is 0 Å². The summed E-state index contributed by atoms with van der Waals surface area (Å²) in [6.07, 6.45) is 3.88. The van der Waals surface area contributed by atoms with Gasteiger partial charge in [-0.3, -0.25) is 4.99 Å². The van der Waals surface area contributed by atoms with Gasteiger partial charge in [-0.15, -0.1) is 0 Å². The summed E-state index contributed by atoms with van der Waals surface area (Å²) >= 11 is 0. The fraction of sp³-hybridized carbons (Fsp3) is 0.667. The Bertz CT molecular complexity index is 145. The number of hydrogen-bond acceptors (Lipinski definition) is 2. The summed E-state index contributed by atoms with van der Waals surface area (Å²) in [6, 6.07) is 0. The van der Waals surface area contributed by atoms with E-state index in [-0.39, 0.29) is 0 Å². The first kappa shape index (κ1) is 10.2. The molecule has 0 unspecified atom stereocenters. The van der Waals surface area contributed by atoms with Crippen molar-refractivity contribution < 1.29 is 0 Å². The van der Waals surface area contributed by atoms with Crippen LogP contribution < -0.4 is 0 Å². The van der Waals surface area contributed by atoms with Gasteiger partial charge in [0.2, 0.25) is 0 Å². The van der Waals surface area contributed by atoms with E-state index in [2.05, 4.69) is 37.8 Å². The van der Waals surface area contributed by atoms with Crippen LogP contribution in [-0.4, -0.2) is 32.3 Å². The SMILES string of the molecule is CN=C/C=C(/C(C)C)N(C)C. The number of allylic oxidation sites excluding steroid dienone is 2. The molecule has 0 fully saturated rings. The largest absolute Gasteiger partial charge is 0.381 e. The maximum Gasteiger partial charge on any atom is 0.0277 e. The molecule has 0 bridgehead atoms. The molecule has 2 heteroatoms. The highest BCUT2D eigenvalue weighted by Gasteiger charge is 2.02. The number of nitrogens with zero attached hydrogens (tertiary/aromatic N) is 2. The van der Waals surface area contributed by atoms with Crippen LogP contribution in [0.5, 0.6) is 0 Å². The van der Waals surface area contributed by atoms with E-state index in [0.29, 0.717) is 5.92 Å². The molecule has 0 rings (SSSR count). The molecule has 0 saturated carbocycles. The minimum atomic E-state index is 0.558. The van der Waals surface area contributed by atoms with Gasteiger partial charge in [0.15, 0.2) is 0 Å². The zero-order chi connectivity index (χ0) is 8.85. The highest BCUT2D eigenvalue weighted by molar-refractivity contribution is 5.71. The molecule has 0 aliphatic carbocycles. The summed E-state index contributed by atoms with van der Waals surface area (Å²) in [7, 11) is 5.88. The van der Waals surface area contributed by atoms with E-state index in [1.54, 1.807) is 7.05 Å². The minimum Gasteiger partial charge on any atom is -0.381 e. The molecular formula is C9H18N2. The Labute approximate surface area is 69.6 Å². The summed E-state index contributed by atoms with van der Waals surface area (Å²) in [5.74, 6) is 0.558. The summed E-state index contributed by atoms with van der Waals surface area (Å²) < 4.78 is 0. The van der Waals surface area contributed by atoms with Crippen molar-refractivity contribution in [1.29, 1.82) is 0 Å². The van der Waals surface area contributed by atoms with Crippen molar-refractivity contribution in [3.63, 3.8) is 0 Å². The van der Waals surface area contributed by atoms with Crippen LogP contribution in [0.3, 0.4) is 0 Å². The van der Waals surface area contributed by atoms with Crippen molar-refractivity contribution >= 4 is 6.21 Å². The molecule has 0 aromatic rings. The van der Waals surface area contributed by atoms with Gasteiger partial charge >= 0.3 is 0 Å². The van der Waals surface area contributed by atoms with Crippen LogP contribution in [0.1, 0.15) is 13.8 Å². The molecule has 0 radical (unpaired) electrons. The number of hydrogen-bond donors (Lipinski definition) is 0. The van der Waals surface area contributed by atoms with Crippen molar-refractivity contribution in [2.45, 2.75) is 13.8 Å². The fourth-order valence-corrected chi connectivity index (χ4v) is 1.01. The third-order valence-corrected chi connectivity index (χ3v) is 1.50. The van der Waals surface area contributed by atoms with Gasteiger partial charge in [0.05, 0.1) is 0 Å². The van der Waals surface area contributed by atoms with Crippen molar-refractivity contribution in [2.24, 2.45) is 10.9 Å². The fourth-order valence-electron chi connectivity index (χ4n) is 1.01. The molecule has 0 N–H and O–H groups in total. The second kappa shape index (κ2) is 4.94. The number of aliphatic imine (C=N–C) groups is 1.